The second-order valence-corrected chi connectivity index (χ2v) is 4.12. The number of nitrogens with one attached hydrogen (secondary N) is 1. The normalized spacial score (nSPS) is 35.5. The van der Waals surface area contributed by atoms with Crippen molar-refractivity contribution >= 4 is 5.91 Å². The third kappa shape index (κ3) is 1.95. The van der Waals surface area contributed by atoms with Gasteiger partial charge in [0, 0.05) is 6.42 Å². The fourth-order valence-corrected chi connectivity index (χ4v) is 2.25. The van der Waals surface area contributed by atoms with E-state index >= 15 is 0 Å². The van der Waals surface area contributed by atoms with Gasteiger partial charge in [0.2, 0.25) is 5.91 Å². The first-order valence-corrected chi connectivity index (χ1v) is 5.30. The molecule has 0 spiro atoms. The van der Waals surface area contributed by atoms with Crippen molar-refractivity contribution in [2.75, 3.05) is 13.1 Å². The Kier molecular flexibility index (Phi) is 2.87. The van der Waals surface area contributed by atoms with Crippen LogP contribution in [-0.4, -0.2) is 42.2 Å². The maximum atomic E-state index is 13.1. The molecule has 4 nitrogen and oxygen atoms in total. The molecular weight excluding hydrogens is 197 g/mol. The lowest BCUT2D eigenvalue weighted by Crippen LogP contribution is -2.45. The molecule has 0 aromatic heterocycles. The van der Waals surface area contributed by atoms with Crippen LogP contribution < -0.4 is 5.32 Å². The molecule has 2 saturated heterocycles. The first-order valence-electron chi connectivity index (χ1n) is 5.30. The molecule has 2 aliphatic rings. The van der Waals surface area contributed by atoms with Crippen LogP contribution in [0.5, 0.6) is 0 Å². The summed E-state index contributed by atoms with van der Waals surface area (Å²) in [6.45, 7) is 0.912. The molecule has 82 valence electrons. The van der Waals surface area contributed by atoms with Gasteiger partial charge in [-0.1, -0.05) is 0 Å². The van der Waals surface area contributed by atoms with E-state index in [9.17, 15) is 9.18 Å². The predicted octanol–water partition coefficient (Wildman–Crippen LogP) is 0.201. The average Bonchev–Trinajstić information content (AvgIpc) is 2.84. The summed E-state index contributed by atoms with van der Waals surface area (Å²) in [5, 5.41) is 11.9. The molecule has 3 atom stereocenters. The van der Waals surface area contributed by atoms with Crippen LogP contribution in [0.2, 0.25) is 0 Å². The molecule has 0 radical (unpaired) electrons. The van der Waals surface area contributed by atoms with Gasteiger partial charge in [-0.2, -0.15) is 5.26 Å². The zero-order chi connectivity index (χ0) is 10.8. The summed E-state index contributed by atoms with van der Waals surface area (Å²) >= 11 is 0. The van der Waals surface area contributed by atoms with Crippen LogP contribution in [0, 0.1) is 11.3 Å². The Bertz CT molecular complexity index is 296. The molecule has 0 unspecified atom stereocenters. The maximum Gasteiger partial charge on any atom is 0.240 e. The van der Waals surface area contributed by atoms with Crippen LogP contribution in [0.3, 0.4) is 0 Å². The van der Waals surface area contributed by atoms with E-state index in [-0.39, 0.29) is 24.9 Å². The highest BCUT2D eigenvalue weighted by atomic mass is 19.1. The van der Waals surface area contributed by atoms with Crippen LogP contribution in [0.15, 0.2) is 0 Å². The summed E-state index contributed by atoms with van der Waals surface area (Å²) in [6, 6.07) is 1.21. The first kappa shape index (κ1) is 10.4. The van der Waals surface area contributed by atoms with Crippen molar-refractivity contribution in [3.63, 3.8) is 0 Å². The Morgan fingerprint density at radius 2 is 2.40 bits per heavy atom. The van der Waals surface area contributed by atoms with E-state index in [0.29, 0.717) is 0 Å². The summed E-state index contributed by atoms with van der Waals surface area (Å²) in [4.78, 5) is 13.3. The predicted molar refractivity (Wildman–Crippen MR) is 51.7 cm³/mol. The number of nitrogens with zero attached hydrogens (tertiary/aromatic N) is 2. The molecule has 0 aliphatic carbocycles. The third-order valence-electron chi connectivity index (χ3n) is 3.04. The van der Waals surface area contributed by atoms with Crippen molar-refractivity contribution in [3.05, 3.63) is 0 Å². The minimum atomic E-state index is -1.04. The Hall–Kier alpha value is -1.15. The first-order chi connectivity index (χ1) is 7.22. The zero-order valence-corrected chi connectivity index (χ0v) is 8.45. The highest BCUT2D eigenvalue weighted by Gasteiger charge is 2.38. The summed E-state index contributed by atoms with van der Waals surface area (Å²) in [5.41, 5.74) is 0. The third-order valence-corrected chi connectivity index (χ3v) is 3.04. The van der Waals surface area contributed by atoms with Crippen molar-refractivity contribution in [2.45, 2.75) is 37.5 Å². The number of rotatable bonds is 1. The molecule has 2 rings (SSSR count). The number of halogens is 1. The average molecular weight is 211 g/mol. The molecule has 1 N–H and O–H groups in total. The van der Waals surface area contributed by atoms with E-state index < -0.39 is 12.2 Å². The van der Waals surface area contributed by atoms with Gasteiger partial charge in [-0.05, 0) is 19.4 Å². The van der Waals surface area contributed by atoms with Gasteiger partial charge < -0.3 is 10.2 Å². The highest BCUT2D eigenvalue weighted by Crippen LogP contribution is 2.22. The van der Waals surface area contributed by atoms with E-state index in [1.165, 1.54) is 4.90 Å². The number of alkyl halides is 1. The number of carbonyl (C=O) groups is 1. The molecule has 2 aliphatic heterocycles. The van der Waals surface area contributed by atoms with Gasteiger partial charge in [-0.15, -0.1) is 0 Å². The smallest absolute Gasteiger partial charge is 0.240 e. The SMILES string of the molecule is N#C[C@@H]1C[C@H](F)CN1C(=O)[C@@H]1CCCN1. The second-order valence-electron chi connectivity index (χ2n) is 4.12. The van der Waals surface area contributed by atoms with Gasteiger partial charge in [0.25, 0.3) is 0 Å². The highest BCUT2D eigenvalue weighted by molar-refractivity contribution is 5.83. The molecule has 2 fully saturated rings. The van der Waals surface area contributed by atoms with Gasteiger partial charge in [-0.25, -0.2) is 4.39 Å². The van der Waals surface area contributed by atoms with Gasteiger partial charge in [0.05, 0.1) is 18.7 Å². The standard InChI is InChI=1S/C10H14FN3O/c11-7-4-8(5-12)14(6-7)10(15)9-2-1-3-13-9/h7-9,13H,1-4,6H2/t7-,8-,9-/m0/s1. The van der Waals surface area contributed by atoms with Crippen LogP contribution in [0.4, 0.5) is 4.39 Å². The molecule has 0 bridgehead atoms. The van der Waals surface area contributed by atoms with Gasteiger partial charge in [-0.3, -0.25) is 4.79 Å². The van der Waals surface area contributed by atoms with E-state index in [1.807, 2.05) is 6.07 Å². The van der Waals surface area contributed by atoms with E-state index in [1.54, 1.807) is 0 Å². The number of likely N-dealkylation sites (tertiary alicyclic amines) is 1. The van der Waals surface area contributed by atoms with Gasteiger partial charge in [0.15, 0.2) is 0 Å². The van der Waals surface area contributed by atoms with Crippen molar-refractivity contribution in [1.29, 1.82) is 5.26 Å². The Balaban J connectivity index is 2.03. The molecule has 0 aromatic rings. The number of carbonyl (C=O) groups excluding carboxylic acids is 1. The molecule has 0 saturated carbocycles. The summed E-state index contributed by atoms with van der Waals surface area (Å²) in [6.07, 6.45) is 0.889. The second kappa shape index (κ2) is 4.15. The molecule has 15 heavy (non-hydrogen) atoms. The van der Waals surface area contributed by atoms with Crippen LogP contribution in [0.1, 0.15) is 19.3 Å². The Morgan fingerprint density at radius 3 is 3.00 bits per heavy atom. The summed E-state index contributed by atoms with van der Waals surface area (Å²) in [7, 11) is 0. The van der Waals surface area contributed by atoms with E-state index in [0.717, 1.165) is 19.4 Å². The molecule has 0 aromatic carbocycles. The summed E-state index contributed by atoms with van der Waals surface area (Å²) < 4.78 is 13.1. The topological polar surface area (TPSA) is 56.1 Å². The molecule has 5 heteroatoms. The zero-order valence-electron chi connectivity index (χ0n) is 8.45. The molecular formula is C10H14FN3O. The lowest BCUT2D eigenvalue weighted by atomic mass is 10.2. The van der Waals surface area contributed by atoms with Crippen LogP contribution in [-0.2, 0) is 4.79 Å². The van der Waals surface area contributed by atoms with Gasteiger partial charge in [0.1, 0.15) is 12.2 Å². The molecule has 1 amide bonds. The summed E-state index contributed by atoms with van der Waals surface area (Å²) in [5.74, 6) is -0.112. The van der Waals surface area contributed by atoms with Crippen molar-refractivity contribution in [2.24, 2.45) is 0 Å². The van der Waals surface area contributed by atoms with Crippen molar-refractivity contribution in [3.8, 4) is 6.07 Å². The minimum absolute atomic E-state index is 0.0786. The number of nitriles is 1. The Morgan fingerprint density at radius 1 is 1.60 bits per heavy atom. The largest absolute Gasteiger partial charge is 0.322 e. The van der Waals surface area contributed by atoms with E-state index in [4.69, 9.17) is 5.26 Å². The van der Waals surface area contributed by atoms with Crippen molar-refractivity contribution < 1.29 is 9.18 Å². The maximum absolute atomic E-state index is 13.1. The van der Waals surface area contributed by atoms with Crippen LogP contribution in [0.25, 0.3) is 0 Å². The number of hydrogen-bond acceptors (Lipinski definition) is 3. The van der Waals surface area contributed by atoms with E-state index in [2.05, 4.69) is 5.32 Å². The quantitative estimate of drug-likeness (QED) is 0.674. The van der Waals surface area contributed by atoms with Crippen molar-refractivity contribution in [1.82, 2.24) is 10.2 Å². The number of hydrogen-bond donors (Lipinski definition) is 1. The Labute approximate surface area is 88.0 Å². The number of amides is 1. The fraction of sp³-hybridized carbons (Fsp3) is 0.800. The lowest BCUT2D eigenvalue weighted by Gasteiger charge is -2.22. The fourth-order valence-electron chi connectivity index (χ4n) is 2.25. The van der Waals surface area contributed by atoms with Gasteiger partial charge >= 0.3 is 0 Å². The lowest BCUT2D eigenvalue weighted by molar-refractivity contribution is -0.133. The van der Waals surface area contributed by atoms with Crippen LogP contribution >= 0.6 is 0 Å². The molecule has 2 heterocycles. The monoisotopic (exact) mass is 211 g/mol. The minimum Gasteiger partial charge on any atom is -0.322 e.